The summed E-state index contributed by atoms with van der Waals surface area (Å²) in [5.41, 5.74) is -0.120. The molecule has 0 radical (unpaired) electrons. The fourth-order valence-electron chi connectivity index (χ4n) is 2.69. The van der Waals surface area contributed by atoms with Gasteiger partial charge in [0.1, 0.15) is 0 Å². The maximum atomic E-state index is 12.4. The average Bonchev–Trinajstić information content (AvgIpc) is 3.28. The molecule has 2 heterocycles. The first-order valence-corrected chi connectivity index (χ1v) is 9.11. The number of aromatic nitrogens is 1. The standard InChI is InChI=1S/C21H22N2O6/c1-5-15(24)17-13-9-8-12(22-18(25)16-7-6-10-28-16)11-14(13)23(19(17)26)29-20(27)21(2,3)4/h6-11,26H,5H2,1-4H3,(H,22,25). The van der Waals surface area contributed by atoms with Crippen molar-refractivity contribution < 1.29 is 28.7 Å². The fraction of sp³-hybridized carbons (Fsp3) is 0.286. The highest BCUT2D eigenvalue weighted by Gasteiger charge is 2.29. The van der Waals surface area contributed by atoms with Crippen LogP contribution in [0, 0.1) is 5.41 Å². The van der Waals surface area contributed by atoms with E-state index < -0.39 is 23.2 Å². The molecule has 0 atom stereocenters. The molecule has 0 spiro atoms. The number of nitrogens with zero attached hydrogens (tertiary/aromatic N) is 1. The van der Waals surface area contributed by atoms with Gasteiger partial charge in [-0.3, -0.25) is 9.59 Å². The van der Waals surface area contributed by atoms with Crippen molar-refractivity contribution in [3.8, 4) is 5.88 Å². The highest BCUT2D eigenvalue weighted by atomic mass is 16.7. The monoisotopic (exact) mass is 398 g/mol. The van der Waals surface area contributed by atoms with Crippen molar-refractivity contribution in [1.29, 1.82) is 0 Å². The van der Waals surface area contributed by atoms with Gasteiger partial charge in [0.05, 0.1) is 22.8 Å². The number of carbonyl (C=O) groups excluding carboxylic acids is 3. The summed E-state index contributed by atoms with van der Waals surface area (Å²) in [7, 11) is 0. The van der Waals surface area contributed by atoms with Crippen molar-refractivity contribution in [2.24, 2.45) is 5.41 Å². The zero-order valence-electron chi connectivity index (χ0n) is 16.6. The first-order valence-electron chi connectivity index (χ1n) is 9.11. The molecule has 1 aromatic carbocycles. The molecule has 2 aromatic heterocycles. The zero-order chi connectivity index (χ0) is 21.3. The number of anilines is 1. The van der Waals surface area contributed by atoms with E-state index in [1.807, 2.05) is 0 Å². The smallest absolute Gasteiger partial charge is 0.338 e. The van der Waals surface area contributed by atoms with Crippen LogP contribution in [0.5, 0.6) is 5.88 Å². The Morgan fingerprint density at radius 1 is 1.21 bits per heavy atom. The minimum atomic E-state index is -0.830. The Hall–Kier alpha value is -3.55. The van der Waals surface area contributed by atoms with Gasteiger partial charge in [-0.1, -0.05) is 6.92 Å². The molecule has 0 aliphatic carbocycles. The van der Waals surface area contributed by atoms with Crippen LogP contribution in [0.3, 0.4) is 0 Å². The number of nitrogens with one attached hydrogen (secondary N) is 1. The van der Waals surface area contributed by atoms with Crippen molar-refractivity contribution in [3.63, 3.8) is 0 Å². The molecule has 0 aliphatic rings. The predicted molar refractivity (Wildman–Crippen MR) is 106 cm³/mol. The molecular formula is C21H22N2O6. The molecule has 3 rings (SSSR count). The van der Waals surface area contributed by atoms with Gasteiger partial charge in [0.2, 0.25) is 5.88 Å². The number of ketones is 1. The first-order chi connectivity index (χ1) is 13.6. The van der Waals surface area contributed by atoms with Crippen LogP contribution in [0.25, 0.3) is 10.9 Å². The van der Waals surface area contributed by atoms with E-state index in [-0.39, 0.29) is 29.0 Å². The summed E-state index contributed by atoms with van der Waals surface area (Å²) in [6.07, 6.45) is 1.55. The molecule has 0 fully saturated rings. The van der Waals surface area contributed by atoms with Gasteiger partial charge in [0, 0.05) is 17.5 Å². The van der Waals surface area contributed by atoms with Gasteiger partial charge in [-0.25, -0.2) is 4.79 Å². The summed E-state index contributed by atoms with van der Waals surface area (Å²) in [6, 6.07) is 7.79. The number of amides is 1. The molecule has 3 aromatic rings. The summed E-state index contributed by atoms with van der Waals surface area (Å²) in [4.78, 5) is 42.3. The van der Waals surface area contributed by atoms with E-state index in [2.05, 4.69) is 5.32 Å². The summed E-state index contributed by atoms with van der Waals surface area (Å²) < 4.78 is 5.99. The summed E-state index contributed by atoms with van der Waals surface area (Å²) >= 11 is 0. The maximum absolute atomic E-state index is 12.4. The first kappa shape index (κ1) is 20.2. The van der Waals surface area contributed by atoms with E-state index in [9.17, 15) is 19.5 Å². The number of aromatic hydroxyl groups is 1. The lowest BCUT2D eigenvalue weighted by atomic mass is 9.98. The van der Waals surface area contributed by atoms with Crippen molar-refractivity contribution in [1.82, 2.24) is 4.73 Å². The van der Waals surface area contributed by atoms with Crippen LogP contribution >= 0.6 is 0 Å². The Kier molecular flexibility index (Phi) is 5.19. The van der Waals surface area contributed by atoms with E-state index in [1.165, 1.54) is 18.4 Å². The Bertz CT molecular complexity index is 1090. The molecule has 0 bridgehead atoms. The van der Waals surface area contributed by atoms with Gasteiger partial charge in [0.15, 0.2) is 11.5 Å². The Morgan fingerprint density at radius 2 is 1.93 bits per heavy atom. The third-order valence-corrected chi connectivity index (χ3v) is 4.29. The number of fused-ring (bicyclic) bond motifs is 1. The summed E-state index contributed by atoms with van der Waals surface area (Å²) in [6.45, 7) is 6.69. The molecule has 0 aliphatic heterocycles. The van der Waals surface area contributed by atoms with E-state index in [0.29, 0.717) is 11.1 Å². The second-order valence-electron chi connectivity index (χ2n) is 7.56. The zero-order valence-corrected chi connectivity index (χ0v) is 16.6. The Labute approximate surface area is 167 Å². The van der Waals surface area contributed by atoms with Crippen LogP contribution < -0.4 is 10.2 Å². The molecule has 0 saturated heterocycles. The third kappa shape index (κ3) is 3.87. The minimum absolute atomic E-state index is 0.0631. The maximum Gasteiger partial charge on any atom is 0.338 e. The Balaban J connectivity index is 2.09. The normalized spacial score (nSPS) is 11.4. The number of rotatable bonds is 5. The van der Waals surface area contributed by atoms with Crippen molar-refractivity contribution >= 4 is 34.3 Å². The van der Waals surface area contributed by atoms with Gasteiger partial charge < -0.3 is 19.7 Å². The second kappa shape index (κ2) is 7.46. The highest BCUT2D eigenvalue weighted by Crippen LogP contribution is 2.34. The minimum Gasteiger partial charge on any atom is -0.492 e. The molecule has 2 N–H and O–H groups in total. The van der Waals surface area contributed by atoms with Gasteiger partial charge >= 0.3 is 5.97 Å². The van der Waals surface area contributed by atoms with Gasteiger partial charge in [0.25, 0.3) is 5.91 Å². The van der Waals surface area contributed by atoms with Crippen molar-refractivity contribution in [2.45, 2.75) is 34.1 Å². The largest absolute Gasteiger partial charge is 0.492 e. The second-order valence-corrected chi connectivity index (χ2v) is 7.56. The molecular weight excluding hydrogens is 376 g/mol. The predicted octanol–water partition coefficient (Wildman–Crippen LogP) is 3.79. The van der Waals surface area contributed by atoms with Gasteiger partial charge in [-0.2, -0.15) is 0 Å². The number of benzene rings is 1. The van der Waals surface area contributed by atoms with Crippen LogP contribution in [-0.4, -0.2) is 27.5 Å². The molecule has 29 heavy (non-hydrogen) atoms. The molecule has 8 heteroatoms. The van der Waals surface area contributed by atoms with Crippen LogP contribution in [0.4, 0.5) is 5.69 Å². The van der Waals surface area contributed by atoms with E-state index >= 15 is 0 Å². The lowest BCUT2D eigenvalue weighted by Gasteiger charge is -2.17. The van der Waals surface area contributed by atoms with Crippen LogP contribution in [0.15, 0.2) is 41.0 Å². The number of Topliss-reactive ketones (excluding diaryl/α,β-unsaturated/α-hetero) is 1. The molecule has 152 valence electrons. The van der Waals surface area contributed by atoms with E-state index in [1.54, 1.807) is 45.9 Å². The lowest BCUT2D eigenvalue weighted by molar-refractivity contribution is -0.153. The average molecular weight is 398 g/mol. The SMILES string of the molecule is CCC(=O)c1c(O)n(OC(=O)C(C)(C)C)c2cc(NC(=O)c3ccco3)ccc12. The lowest BCUT2D eigenvalue weighted by Crippen LogP contribution is -2.31. The number of hydrogen-bond acceptors (Lipinski definition) is 6. The fourth-order valence-corrected chi connectivity index (χ4v) is 2.69. The number of carbonyl (C=O) groups is 3. The highest BCUT2D eigenvalue weighted by molar-refractivity contribution is 6.11. The molecule has 0 unspecified atom stereocenters. The number of furan rings is 1. The van der Waals surface area contributed by atoms with Crippen LogP contribution in [-0.2, 0) is 4.79 Å². The van der Waals surface area contributed by atoms with Crippen LogP contribution in [0.1, 0.15) is 55.0 Å². The quantitative estimate of drug-likeness (QED) is 0.633. The third-order valence-electron chi connectivity index (χ3n) is 4.29. The molecule has 8 nitrogen and oxygen atoms in total. The van der Waals surface area contributed by atoms with E-state index in [0.717, 1.165) is 4.73 Å². The van der Waals surface area contributed by atoms with E-state index in [4.69, 9.17) is 9.25 Å². The van der Waals surface area contributed by atoms with Gasteiger partial charge in [-0.15, -0.1) is 4.73 Å². The van der Waals surface area contributed by atoms with Crippen molar-refractivity contribution in [3.05, 3.63) is 47.9 Å². The number of hydrogen-bond donors (Lipinski definition) is 2. The van der Waals surface area contributed by atoms with Crippen LogP contribution in [0.2, 0.25) is 0 Å². The Morgan fingerprint density at radius 3 is 2.52 bits per heavy atom. The van der Waals surface area contributed by atoms with Crippen molar-refractivity contribution in [2.75, 3.05) is 5.32 Å². The van der Waals surface area contributed by atoms with Gasteiger partial charge in [-0.05, 0) is 51.1 Å². The summed E-state index contributed by atoms with van der Waals surface area (Å²) in [5, 5.41) is 13.7. The topological polar surface area (TPSA) is 111 Å². The summed E-state index contributed by atoms with van der Waals surface area (Å²) in [5.74, 6) is -1.69. The molecule has 0 saturated carbocycles. The molecule has 1 amide bonds.